The van der Waals surface area contributed by atoms with E-state index in [0.717, 1.165) is 66.7 Å². The zero-order chi connectivity index (χ0) is 22.5. The summed E-state index contributed by atoms with van der Waals surface area (Å²) in [7, 11) is 1.79. The van der Waals surface area contributed by atoms with Crippen LogP contribution in [-0.4, -0.2) is 47.7 Å². The van der Waals surface area contributed by atoms with Crippen molar-refractivity contribution in [2.75, 3.05) is 26.2 Å². The number of likely N-dealkylation sites (tertiary alicyclic amines) is 1. The molecule has 1 aliphatic rings. The number of aromatic nitrogens is 1. The number of pyridine rings is 1. The molecule has 1 saturated heterocycles. The van der Waals surface area contributed by atoms with E-state index in [4.69, 9.17) is 4.74 Å². The Morgan fingerprint density at radius 2 is 1.84 bits per heavy atom. The lowest BCUT2D eigenvalue weighted by Crippen LogP contribution is -2.45. The number of carbonyl (C=O) groups excluding carboxylic acids is 1. The minimum absolute atomic E-state index is 0.00655. The molecule has 0 radical (unpaired) electrons. The molecule has 1 amide bonds. The van der Waals surface area contributed by atoms with Gasteiger partial charge in [-0.05, 0) is 62.1 Å². The van der Waals surface area contributed by atoms with Crippen LogP contribution in [0.25, 0.3) is 10.9 Å². The first-order valence-electron chi connectivity index (χ1n) is 11.3. The molecule has 1 aliphatic heterocycles. The maximum absolute atomic E-state index is 12.3. The predicted molar refractivity (Wildman–Crippen MR) is 127 cm³/mol. The van der Waals surface area contributed by atoms with Crippen LogP contribution < -0.4 is 15.6 Å². The van der Waals surface area contributed by atoms with Gasteiger partial charge < -0.3 is 19.5 Å². The summed E-state index contributed by atoms with van der Waals surface area (Å²) in [6, 6.07) is 17.2. The third-order valence-corrected chi connectivity index (χ3v) is 6.27. The number of benzene rings is 2. The predicted octanol–water partition coefficient (Wildman–Crippen LogP) is 3.51. The van der Waals surface area contributed by atoms with Gasteiger partial charge in [0, 0.05) is 49.7 Å². The highest BCUT2D eigenvalue weighted by atomic mass is 16.5. The number of nitrogens with one attached hydrogen (secondary N) is 1. The molecule has 2 heterocycles. The standard InChI is InChI=1S/C26H31N3O3/c1-19-17-25(30)28(2)24-10-9-22(18-23(19)24)32-16-6-13-29-14-11-21(12-15-29)27-26(31)20-7-4-3-5-8-20/h3-5,7-10,17-18,21H,6,11-16H2,1-2H3,(H,27,31). The van der Waals surface area contributed by atoms with Gasteiger partial charge in [0.2, 0.25) is 0 Å². The van der Waals surface area contributed by atoms with Crippen molar-refractivity contribution < 1.29 is 9.53 Å². The van der Waals surface area contributed by atoms with E-state index >= 15 is 0 Å². The number of piperidine rings is 1. The lowest BCUT2D eigenvalue weighted by Gasteiger charge is -2.32. The van der Waals surface area contributed by atoms with Crippen molar-refractivity contribution in [1.29, 1.82) is 0 Å². The smallest absolute Gasteiger partial charge is 0.251 e. The van der Waals surface area contributed by atoms with Crippen LogP contribution in [0.1, 0.15) is 35.2 Å². The summed E-state index contributed by atoms with van der Waals surface area (Å²) in [5.74, 6) is 0.852. The lowest BCUT2D eigenvalue weighted by molar-refractivity contribution is 0.0909. The van der Waals surface area contributed by atoms with Crippen LogP contribution in [-0.2, 0) is 7.05 Å². The molecular weight excluding hydrogens is 402 g/mol. The zero-order valence-electron chi connectivity index (χ0n) is 18.8. The fourth-order valence-electron chi connectivity index (χ4n) is 4.33. The average Bonchev–Trinajstić information content (AvgIpc) is 2.82. The highest BCUT2D eigenvalue weighted by Gasteiger charge is 2.20. The second-order valence-electron chi connectivity index (χ2n) is 8.56. The number of hydrogen-bond donors (Lipinski definition) is 1. The first-order chi connectivity index (χ1) is 15.5. The second-order valence-corrected chi connectivity index (χ2v) is 8.56. The van der Waals surface area contributed by atoms with Crippen LogP contribution in [0.5, 0.6) is 5.75 Å². The Hall–Kier alpha value is -3.12. The number of amides is 1. The first kappa shape index (κ1) is 22.1. The van der Waals surface area contributed by atoms with Gasteiger partial charge >= 0.3 is 0 Å². The number of aryl methyl sites for hydroxylation is 2. The van der Waals surface area contributed by atoms with Crippen LogP contribution in [0, 0.1) is 6.92 Å². The molecule has 0 bridgehead atoms. The quantitative estimate of drug-likeness (QED) is 0.579. The molecule has 4 rings (SSSR count). The van der Waals surface area contributed by atoms with E-state index in [1.54, 1.807) is 17.7 Å². The third kappa shape index (κ3) is 5.19. The number of hydrogen-bond acceptors (Lipinski definition) is 4. The van der Waals surface area contributed by atoms with Crippen molar-refractivity contribution in [3.8, 4) is 5.75 Å². The maximum atomic E-state index is 12.3. The molecule has 6 heteroatoms. The summed E-state index contributed by atoms with van der Waals surface area (Å²) in [5, 5.41) is 4.20. The minimum atomic E-state index is 0.00655. The van der Waals surface area contributed by atoms with Crippen molar-refractivity contribution in [2.24, 2.45) is 7.05 Å². The lowest BCUT2D eigenvalue weighted by atomic mass is 10.0. The average molecular weight is 434 g/mol. The van der Waals surface area contributed by atoms with Crippen molar-refractivity contribution >= 4 is 16.8 Å². The van der Waals surface area contributed by atoms with Crippen molar-refractivity contribution in [3.63, 3.8) is 0 Å². The van der Waals surface area contributed by atoms with Gasteiger partial charge in [-0.2, -0.15) is 0 Å². The summed E-state index contributed by atoms with van der Waals surface area (Å²) in [5.41, 5.74) is 2.62. The number of rotatable bonds is 7. The molecular formula is C26H31N3O3. The highest BCUT2D eigenvalue weighted by molar-refractivity contribution is 5.94. The Balaban J connectivity index is 1.20. The molecule has 3 aromatic rings. The van der Waals surface area contributed by atoms with E-state index in [0.29, 0.717) is 6.61 Å². The van der Waals surface area contributed by atoms with Gasteiger partial charge in [-0.1, -0.05) is 18.2 Å². The molecule has 1 N–H and O–H groups in total. The topological polar surface area (TPSA) is 63.6 Å². The van der Waals surface area contributed by atoms with E-state index < -0.39 is 0 Å². The summed E-state index contributed by atoms with van der Waals surface area (Å²) >= 11 is 0. The van der Waals surface area contributed by atoms with Gasteiger partial charge in [-0.25, -0.2) is 0 Å². The molecule has 0 atom stereocenters. The van der Waals surface area contributed by atoms with Crippen LogP contribution in [0.15, 0.2) is 59.4 Å². The maximum Gasteiger partial charge on any atom is 0.251 e. The van der Waals surface area contributed by atoms with Crippen molar-refractivity contribution in [3.05, 3.63) is 76.1 Å². The first-order valence-corrected chi connectivity index (χ1v) is 11.3. The molecule has 0 aliphatic carbocycles. The van der Waals surface area contributed by atoms with Gasteiger partial charge in [0.25, 0.3) is 11.5 Å². The van der Waals surface area contributed by atoms with Gasteiger partial charge in [0.15, 0.2) is 0 Å². The van der Waals surface area contributed by atoms with E-state index in [2.05, 4.69) is 10.2 Å². The number of nitrogens with zero attached hydrogens (tertiary/aromatic N) is 2. The molecule has 32 heavy (non-hydrogen) atoms. The van der Waals surface area contributed by atoms with E-state index in [1.807, 2.05) is 55.5 Å². The fraction of sp³-hybridized carbons (Fsp3) is 0.385. The Kier molecular flexibility index (Phi) is 6.90. The Labute approximate surface area is 188 Å². The SMILES string of the molecule is Cc1cc(=O)n(C)c2ccc(OCCCN3CCC(NC(=O)c4ccccc4)CC3)cc12. The Morgan fingerprint density at radius 1 is 1.09 bits per heavy atom. The molecule has 6 nitrogen and oxygen atoms in total. The molecule has 0 saturated carbocycles. The van der Waals surface area contributed by atoms with Crippen LogP contribution in [0.2, 0.25) is 0 Å². The molecule has 1 aromatic heterocycles. The van der Waals surface area contributed by atoms with Crippen LogP contribution in [0.3, 0.4) is 0 Å². The van der Waals surface area contributed by atoms with Crippen molar-refractivity contribution in [1.82, 2.24) is 14.8 Å². The van der Waals surface area contributed by atoms with Gasteiger partial charge in [-0.3, -0.25) is 9.59 Å². The molecule has 0 spiro atoms. The fourth-order valence-corrected chi connectivity index (χ4v) is 4.33. The largest absolute Gasteiger partial charge is 0.494 e. The van der Waals surface area contributed by atoms with Crippen LogP contribution in [0.4, 0.5) is 0 Å². The summed E-state index contributed by atoms with van der Waals surface area (Å²) in [6.07, 6.45) is 2.90. The van der Waals surface area contributed by atoms with E-state index in [-0.39, 0.29) is 17.5 Å². The van der Waals surface area contributed by atoms with Crippen LogP contribution >= 0.6 is 0 Å². The third-order valence-electron chi connectivity index (χ3n) is 6.27. The molecule has 168 valence electrons. The number of fused-ring (bicyclic) bond motifs is 1. The number of carbonyl (C=O) groups is 1. The monoisotopic (exact) mass is 433 g/mol. The minimum Gasteiger partial charge on any atom is -0.494 e. The summed E-state index contributed by atoms with van der Waals surface area (Å²) in [4.78, 5) is 26.7. The van der Waals surface area contributed by atoms with E-state index in [9.17, 15) is 9.59 Å². The molecule has 1 fully saturated rings. The molecule has 0 unspecified atom stereocenters. The Bertz CT molecular complexity index is 1130. The zero-order valence-corrected chi connectivity index (χ0v) is 18.8. The normalized spacial score (nSPS) is 15.1. The summed E-state index contributed by atoms with van der Waals surface area (Å²) in [6.45, 7) is 5.58. The van der Waals surface area contributed by atoms with Crippen molar-refractivity contribution in [2.45, 2.75) is 32.2 Å². The van der Waals surface area contributed by atoms with Gasteiger partial charge in [0.05, 0.1) is 12.1 Å². The second kappa shape index (κ2) is 10.0. The van der Waals surface area contributed by atoms with Gasteiger partial charge in [-0.15, -0.1) is 0 Å². The van der Waals surface area contributed by atoms with E-state index in [1.165, 1.54) is 0 Å². The molecule has 2 aromatic carbocycles. The highest BCUT2D eigenvalue weighted by Crippen LogP contribution is 2.22. The van der Waals surface area contributed by atoms with Gasteiger partial charge in [0.1, 0.15) is 5.75 Å². The Morgan fingerprint density at radius 3 is 2.59 bits per heavy atom. The summed E-state index contributed by atoms with van der Waals surface area (Å²) < 4.78 is 7.65. The number of ether oxygens (including phenoxy) is 1.